The number of hydrazone groups is 1. The fourth-order valence-corrected chi connectivity index (χ4v) is 3.79. The molecule has 2 heterocycles. The van der Waals surface area contributed by atoms with Crippen molar-refractivity contribution in [3.05, 3.63) is 101 Å². The van der Waals surface area contributed by atoms with E-state index in [2.05, 4.69) is 78.7 Å². The lowest BCUT2D eigenvalue weighted by molar-refractivity contribution is -0.0190. The second-order valence-corrected chi connectivity index (χ2v) is 6.93. The Labute approximate surface area is 153 Å². The van der Waals surface area contributed by atoms with Gasteiger partial charge in [-0.15, -0.1) is 0 Å². The SMILES string of the molecule is Cc1ccc([C@@H]2Oc3ccccc3[C@H]3CC(c4ccccc4)=NN32)cc1. The van der Waals surface area contributed by atoms with Crippen molar-refractivity contribution in [3.8, 4) is 5.75 Å². The van der Waals surface area contributed by atoms with Gasteiger partial charge in [0, 0.05) is 17.5 Å². The van der Waals surface area contributed by atoms with Gasteiger partial charge < -0.3 is 4.74 Å². The predicted molar refractivity (Wildman–Crippen MR) is 103 cm³/mol. The highest BCUT2D eigenvalue weighted by molar-refractivity contribution is 6.01. The predicted octanol–water partition coefficient (Wildman–Crippen LogP) is 5.24. The maximum absolute atomic E-state index is 6.37. The van der Waals surface area contributed by atoms with Crippen molar-refractivity contribution in [2.45, 2.75) is 25.6 Å². The van der Waals surface area contributed by atoms with Gasteiger partial charge in [0.15, 0.2) is 0 Å². The summed E-state index contributed by atoms with van der Waals surface area (Å²) in [5, 5.41) is 7.12. The first-order chi connectivity index (χ1) is 12.8. The van der Waals surface area contributed by atoms with Crippen molar-refractivity contribution >= 4 is 5.71 Å². The Bertz CT molecular complexity index is 963. The molecule has 2 atom stereocenters. The third-order valence-electron chi connectivity index (χ3n) is 5.17. The Morgan fingerprint density at radius 2 is 1.62 bits per heavy atom. The summed E-state index contributed by atoms with van der Waals surface area (Å²) in [6, 6.07) is 27.5. The molecule has 0 spiro atoms. The molecular weight excluding hydrogens is 320 g/mol. The van der Waals surface area contributed by atoms with Crippen molar-refractivity contribution in [1.82, 2.24) is 5.01 Å². The number of aryl methyl sites for hydroxylation is 1. The second kappa shape index (κ2) is 6.03. The molecule has 2 aliphatic rings. The van der Waals surface area contributed by atoms with Crippen molar-refractivity contribution in [1.29, 1.82) is 0 Å². The average Bonchev–Trinajstić information content (AvgIpc) is 3.14. The first-order valence-corrected chi connectivity index (χ1v) is 9.03. The zero-order chi connectivity index (χ0) is 17.5. The minimum Gasteiger partial charge on any atom is -0.464 e. The Morgan fingerprint density at radius 3 is 2.42 bits per heavy atom. The van der Waals surface area contributed by atoms with Crippen LogP contribution >= 0.6 is 0 Å². The van der Waals surface area contributed by atoms with E-state index in [0.29, 0.717) is 0 Å². The Kier molecular flexibility index (Phi) is 3.52. The molecule has 0 amide bonds. The van der Waals surface area contributed by atoms with Gasteiger partial charge in [0.1, 0.15) is 5.75 Å². The van der Waals surface area contributed by atoms with E-state index in [1.165, 1.54) is 16.7 Å². The van der Waals surface area contributed by atoms with Gasteiger partial charge in [-0.3, -0.25) is 0 Å². The van der Waals surface area contributed by atoms with E-state index in [1.54, 1.807) is 0 Å². The lowest BCUT2D eigenvalue weighted by atomic mass is 9.96. The summed E-state index contributed by atoms with van der Waals surface area (Å²) in [5.74, 6) is 0.962. The molecule has 26 heavy (non-hydrogen) atoms. The molecule has 0 N–H and O–H groups in total. The van der Waals surface area contributed by atoms with Crippen molar-refractivity contribution < 1.29 is 4.74 Å². The molecule has 0 saturated carbocycles. The molecule has 3 heteroatoms. The number of hydrogen-bond donors (Lipinski definition) is 0. The summed E-state index contributed by atoms with van der Waals surface area (Å²) >= 11 is 0. The maximum atomic E-state index is 6.37. The third-order valence-corrected chi connectivity index (χ3v) is 5.17. The van der Waals surface area contributed by atoms with Crippen molar-refractivity contribution in [2.24, 2.45) is 5.10 Å². The van der Waals surface area contributed by atoms with Crippen LogP contribution in [0.2, 0.25) is 0 Å². The molecule has 2 aliphatic heterocycles. The molecule has 0 aliphatic carbocycles. The Hall–Kier alpha value is -3.07. The lowest BCUT2D eigenvalue weighted by Gasteiger charge is -2.38. The zero-order valence-electron chi connectivity index (χ0n) is 14.7. The molecule has 3 aromatic carbocycles. The van der Waals surface area contributed by atoms with Gasteiger partial charge >= 0.3 is 0 Å². The lowest BCUT2D eigenvalue weighted by Crippen LogP contribution is -2.33. The minimum absolute atomic E-state index is 0.197. The standard InChI is InChI=1S/C23H20N2O/c1-16-11-13-18(14-12-16)23-25-21(19-9-5-6-10-22(19)26-23)15-20(24-25)17-7-3-2-4-8-17/h2-14,21,23H,15H2,1H3/t21-,23+/m1/s1. The number of rotatable bonds is 2. The minimum atomic E-state index is -0.197. The molecule has 5 rings (SSSR count). The molecule has 0 bridgehead atoms. The molecule has 128 valence electrons. The van der Waals surface area contributed by atoms with Crippen LogP contribution in [0.3, 0.4) is 0 Å². The maximum Gasteiger partial charge on any atom is 0.213 e. The summed E-state index contributed by atoms with van der Waals surface area (Å²) in [4.78, 5) is 0. The van der Waals surface area contributed by atoms with Crippen LogP contribution in [-0.4, -0.2) is 10.7 Å². The van der Waals surface area contributed by atoms with Crippen LogP contribution in [0.5, 0.6) is 5.75 Å². The highest BCUT2D eigenvalue weighted by Gasteiger charge is 2.40. The van der Waals surface area contributed by atoms with E-state index in [1.807, 2.05) is 12.1 Å². The van der Waals surface area contributed by atoms with E-state index in [0.717, 1.165) is 23.4 Å². The molecular formula is C23H20N2O. The van der Waals surface area contributed by atoms with Crippen LogP contribution in [0.15, 0.2) is 84.0 Å². The van der Waals surface area contributed by atoms with E-state index in [4.69, 9.17) is 9.84 Å². The zero-order valence-corrected chi connectivity index (χ0v) is 14.7. The number of benzene rings is 3. The number of nitrogens with zero attached hydrogens (tertiary/aromatic N) is 2. The third kappa shape index (κ3) is 2.48. The van der Waals surface area contributed by atoms with Gasteiger partial charge in [-0.05, 0) is 18.6 Å². The number of fused-ring (bicyclic) bond motifs is 3. The first kappa shape index (κ1) is 15.2. The van der Waals surface area contributed by atoms with Gasteiger partial charge in [-0.1, -0.05) is 78.4 Å². The summed E-state index contributed by atoms with van der Waals surface area (Å²) in [7, 11) is 0. The van der Waals surface area contributed by atoms with Gasteiger partial charge in [0.25, 0.3) is 0 Å². The second-order valence-electron chi connectivity index (χ2n) is 6.93. The van der Waals surface area contributed by atoms with Gasteiger partial charge in [-0.2, -0.15) is 5.10 Å². The molecule has 0 saturated heterocycles. The summed E-state index contributed by atoms with van der Waals surface area (Å²) in [5.41, 5.74) is 5.89. The van der Waals surface area contributed by atoms with E-state index < -0.39 is 0 Å². The van der Waals surface area contributed by atoms with E-state index >= 15 is 0 Å². The summed E-state index contributed by atoms with van der Waals surface area (Å²) < 4.78 is 6.37. The van der Waals surface area contributed by atoms with Crippen LogP contribution in [0.1, 0.15) is 40.9 Å². The molecule has 3 nitrogen and oxygen atoms in total. The van der Waals surface area contributed by atoms with Crippen LogP contribution < -0.4 is 4.74 Å². The fraction of sp³-hybridized carbons (Fsp3) is 0.174. The Morgan fingerprint density at radius 1 is 0.885 bits per heavy atom. The van der Waals surface area contributed by atoms with Crippen molar-refractivity contribution in [2.75, 3.05) is 0 Å². The number of ether oxygens (including phenoxy) is 1. The molecule has 0 unspecified atom stereocenters. The fourth-order valence-electron chi connectivity index (χ4n) is 3.79. The smallest absolute Gasteiger partial charge is 0.213 e. The van der Waals surface area contributed by atoms with E-state index in [9.17, 15) is 0 Å². The van der Waals surface area contributed by atoms with E-state index in [-0.39, 0.29) is 12.3 Å². The quantitative estimate of drug-likeness (QED) is 0.637. The summed E-state index contributed by atoms with van der Waals surface area (Å²) in [6.45, 7) is 2.10. The van der Waals surface area contributed by atoms with Crippen LogP contribution in [0, 0.1) is 6.92 Å². The number of para-hydroxylation sites is 1. The van der Waals surface area contributed by atoms with Crippen molar-refractivity contribution in [3.63, 3.8) is 0 Å². The van der Waals surface area contributed by atoms with Crippen LogP contribution in [0.4, 0.5) is 0 Å². The highest BCUT2D eigenvalue weighted by Crippen LogP contribution is 2.47. The topological polar surface area (TPSA) is 24.8 Å². The molecule has 0 fully saturated rings. The van der Waals surface area contributed by atoms with Gasteiger partial charge in [-0.25, -0.2) is 5.01 Å². The normalized spacial score (nSPS) is 20.8. The Balaban J connectivity index is 1.60. The molecule has 3 aromatic rings. The van der Waals surface area contributed by atoms with Crippen LogP contribution in [-0.2, 0) is 0 Å². The van der Waals surface area contributed by atoms with Gasteiger partial charge in [0.05, 0.1) is 11.8 Å². The summed E-state index contributed by atoms with van der Waals surface area (Å²) in [6.07, 6.45) is 0.698. The largest absolute Gasteiger partial charge is 0.464 e. The molecule has 0 radical (unpaired) electrons. The average molecular weight is 340 g/mol. The molecule has 0 aromatic heterocycles. The van der Waals surface area contributed by atoms with Crippen LogP contribution in [0.25, 0.3) is 0 Å². The van der Waals surface area contributed by atoms with Gasteiger partial charge in [0.2, 0.25) is 6.23 Å². The number of hydrogen-bond acceptors (Lipinski definition) is 3. The first-order valence-electron chi connectivity index (χ1n) is 9.03. The monoisotopic (exact) mass is 340 g/mol. The highest BCUT2D eigenvalue weighted by atomic mass is 16.5.